The molecule has 0 bridgehead atoms. The second kappa shape index (κ2) is 9.80. The van der Waals surface area contributed by atoms with Gasteiger partial charge in [0, 0.05) is 32.5 Å². The van der Waals surface area contributed by atoms with Gasteiger partial charge in [-0.15, -0.1) is 0 Å². The number of nitrogens with zero attached hydrogens (tertiary/aromatic N) is 3. The Balaban J connectivity index is 1.23. The highest BCUT2D eigenvalue weighted by atomic mass is 35.5. The molecule has 2 aliphatic rings. The Kier molecular flexibility index (Phi) is 6.90. The maximum atomic E-state index is 12.4. The van der Waals surface area contributed by atoms with Gasteiger partial charge < -0.3 is 9.64 Å². The molecule has 1 aromatic carbocycles. The Bertz CT molecular complexity index is 849. The molecule has 1 saturated heterocycles. The summed E-state index contributed by atoms with van der Waals surface area (Å²) in [5, 5.41) is 0.748. The first-order chi connectivity index (χ1) is 14.6. The minimum atomic E-state index is 0.142. The van der Waals surface area contributed by atoms with Gasteiger partial charge in [0.2, 0.25) is 5.91 Å². The summed E-state index contributed by atoms with van der Waals surface area (Å²) in [5.41, 5.74) is 2.15. The van der Waals surface area contributed by atoms with Crippen LogP contribution < -0.4 is 4.74 Å². The number of ether oxygens (including phenoxy) is 1. The molecule has 4 rings (SSSR count). The van der Waals surface area contributed by atoms with E-state index >= 15 is 0 Å². The highest BCUT2D eigenvalue weighted by Crippen LogP contribution is 2.36. The largest absolute Gasteiger partial charge is 0.489 e. The fraction of sp³-hybridized carbons (Fsp3) is 0.500. The van der Waals surface area contributed by atoms with Crippen LogP contribution in [0.15, 0.2) is 42.7 Å². The van der Waals surface area contributed by atoms with E-state index in [0.29, 0.717) is 12.3 Å². The van der Waals surface area contributed by atoms with Gasteiger partial charge >= 0.3 is 0 Å². The number of likely N-dealkylation sites (tertiary alicyclic amines) is 1. The van der Waals surface area contributed by atoms with E-state index in [1.807, 2.05) is 36.2 Å². The molecule has 1 aliphatic carbocycles. The number of likely N-dealkylation sites (N-methyl/N-ethyl adjacent to an activating group) is 1. The third-order valence-electron chi connectivity index (χ3n) is 6.18. The first kappa shape index (κ1) is 21.1. The summed E-state index contributed by atoms with van der Waals surface area (Å²) in [5.74, 6) is 1.41. The molecule has 1 aliphatic heterocycles. The van der Waals surface area contributed by atoms with Gasteiger partial charge in [0.1, 0.15) is 5.75 Å². The number of aromatic nitrogens is 1. The number of carbonyl (C=O) groups is 1. The van der Waals surface area contributed by atoms with Crippen LogP contribution >= 0.6 is 11.6 Å². The second-order valence-corrected chi connectivity index (χ2v) is 8.97. The van der Waals surface area contributed by atoms with E-state index < -0.39 is 0 Å². The topological polar surface area (TPSA) is 45.7 Å². The van der Waals surface area contributed by atoms with Crippen LogP contribution in [0.25, 0.3) is 0 Å². The van der Waals surface area contributed by atoms with Gasteiger partial charge in [0.15, 0.2) is 0 Å². The average molecular weight is 428 g/mol. The zero-order valence-electron chi connectivity index (χ0n) is 17.6. The number of hydrogen-bond donors (Lipinski definition) is 0. The van der Waals surface area contributed by atoms with E-state index in [1.165, 1.54) is 12.8 Å². The maximum absolute atomic E-state index is 12.4. The van der Waals surface area contributed by atoms with Crippen molar-refractivity contribution < 1.29 is 9.53 Å². The molecule has 1 saturated carbocycles. The van der Waals surface area contributed by atoms with Gasteiger partial charge in [-0.25, -0.2) is 0 Å². The van der Waals surface area contributed by atoms with Gasteiger partial charge in [-0.3, -0.25) is 14.7 Å². The van der Waals surface area contributed by atoms with Crippen LogP contribution in [0, 0.1) is 5.92 Å². The van der Waals surface area contributed by atoms with E-state index in [2.05, 4.69) is 16.0 Å². The molecule has 160 valence electrons. The molecule has 0 radical (unpaired) electrons. The van der Waals surface area contributed by atoms with Crippen molar-refractivity contribution in [3.8, 4) is 5.75 Å². The maximum Gasteiger partial charge on any atom is 0.226 e. The molecular weight excluding hydrogens is 398 g/mol. The summed E-state index contributed by atoms with van der Waals surface area (Å²) in [7, 11) is 1.89. The smallest absolute Gasteiger partial charge is 0.226 e. The Labute approximate surface area is 184 Å². The average Bonchev–Trinajstić information content (AvgIpc) is 3.23. The SMILES string of the molecule is CN(CC1CC(Oc2cccc(CN3CCCC3)c2Cl)C1)C(=O)Cc1ccncc1. The van der Waals surface area contributed by atoms with Crippen LogP contribution in [0.3, 0.4) is 0 Å². The van der Waals surface area contributed by atoms with Crippen molar-refractivity contribution in [1.29, 1.82) is 0 Å². The van der Waals surface area contributed by atoms with Crippen LogP contribution in [-0.2, 0) is 17.8 Å². The Hall–Kier alpha value is -2.11. The Morgan fingerprint density at radius 3 is 2.67 bits per heavy atom. The fourth-order valence-corrected chi connectivity index (χ4v) is 4.58. The van der Waals surface area contributed by atoms with Crippen LogP contribution in [0.4, 0.5) is 0 Å². The normalized spacial score (nSPS) is 21.3. The molecule has 2 aromatic rings. The molecule has 5 nitrogen and oxygen atoms in total. The van der Waals surface area contributed by atoms with Gasteiger partial charge in [0.05, 0.1) is 17.5 Å². The number of amides is 1. The number of pyridine rings is 1. The van der Waals surface area contributed by atoms with E-state index in [0.717, 1.165) is 60.9 Å². The van der Waals surface area contributed by atoms with Crippen molar-refractivity contribution >= 4 is 17.5 Å². The third-order valence-corrected chi connectivity index (χ3v) is 6.61. The van der Waals surface area contributed by atoms with Crippen molar-refractivity contribution in [2.45, 2.75) is 44.8 Å². The van der Waals surface area contributed by atoms with E-state index in [1.54, 1.807) is 12.4 Å². The standard InChI is InChI=1S/C24H30ClN3O2/c1-27(23(29)15-18-7-9-26-10-8-18)16-19-13-21(14-19)30-22-6-4-5-20(24(22)25)17-28-11-2-3-12-28/h4-10,19,21H,2-3,11-17H2,1H3. The molecule has 0 atom stereocenters. The van der Waals surface area contributed by atoms with Gasteiger partial charge in [-0.1, -0.05) is 23.7 Å². The molecule has 0 N–H and O–H groups in total. The summed E-state index contributed by atoms with van der Waals surface area (Å²) in [6, 6.07) is 9.88. The molecule has 1 amide bonds. The lowest BCUT2D eigenvalue weighted by atomic mass is 9.82. The number of hydrogen-bond acceptors (Lipinski definition) is 4. The lowest BCUT2D eigenvalue weighted by Gasteiger charge is -2.37. The first-order valence-corrected chi connectivity index (χ1v) is 11.3. The molecule has 2 heterocycles. The summed E-state index contributed by atoms with van der Waals surface area (Å²) in [6.45, 7) is 3.97. The summed E-state index contributed by atoms with van der Waals surface area (Å²) < 4.78 is 6.19. The molecule has 2 fully saturated rings. The van der Waals surface area contributed by atoms with Gasteiger partial charge in [-0.05, 0) is 74.0 Å². The number of benzene rings is 1. The first-order valence-electron chi connectivity index (χ1n) is 10.9. The summed E-state index contributed by atoms with van der Waals surface area (Å²) in [6.07, 6.45) is 8.51. The molecule has 0 unspecified atom stereocenters. The second-order valence-electron chi connectivity index (χ2n) is 8.60. The zero-order valence-corrected chi connectivity index (χ0v) is 18.4. The molecule has 1 aromatic heterocycles. The van der Waals surface area contributed by atoms with Crippen LogP contribution in [-0.4, -0.2) is 53.5 Å². The Morgan fingerprint density at radius 1 is 1.20 bits per heavy atom. The van der Waals surface area contributed by atoms with Crippen molar-refractivity contribution in [3.63, 3.8) is 0 Å². The Morgan fingerprint density at radius 2 is 1.93 bits per heavy atom. The van der Waals surface area contributed by atoms with Crippen molar-refractivity contribution in [1.82, 2.24) is 14.8 Å². The monoisotopic (exact) mass is 427 g/mol. The van der Waals surface area contributed by atoms with E-state index in [-0.39, 0.29) is 12.0 Å². The van der Waals surface area contributed by atoms with Crippen molar-refractivity contribution in [2.75, 3.05) is 26.7 Å². The highest BCUT2D eigenvalue weighted by Gasteiger charge is 2.33. The minimum Gasteiger partial charge on any atom is -0.489 e. The molecular formula is C24H30ClN3O2. The fourth-order valence-electron chi connectivity index (χ4n) is 4.35. The van der Waals surface area contributed by atoms with Crippen LogP contribution in [0.2, 0.25) is 5.02 Å². The molecule has 0 spiro atoms. The quantitative estimate of drug-likeness (QED) is 0.633. The zero-order chi connectivity index (χ0) is 20.9. The number of halogens is 1. The van der Waals surface area contributed by atoms with Crippen LogP contribution in [0.5, 0.6) is 5.75 Å². The van der Waals surface area contributed by atoms with Gasteiger partial charge in [-0.2, -0.15) is 0 Å². The van der Waals surface area contributed by atoms with Gasteiger partial charge in [0.25, 0.3) is 0 Å². The van der Waals surface area contributed by atoms with E-state index in [4.69, 9.17) is 16.3 Å². The lowest BCUT2D eigenvalue weighted by Crippen LogP contribution is -2.42. The van der Waals surface area contributed by atoms with Crippen LogP contribution in [0.1, 0.15) is 36.8 Å². The number of carbonyl (C=O) groups excluding carboxylic acids is 1. The predicted octanol–water partition coefficient (Wildman–Crippen LogP) is 4.19. The lowest BCUT2D eigenvalue weighted by molar-refractivity contribution is -0.130. The highest BCUT2D eigenvalue weighted by molar-refractivity contribution is 6.32. The summed E-state index contributed by atoms with van der Waals surface area (Å²) in [4.78, 5) is 20.7. The molecule has 6 heteroatoms. The predicted molar refractivity (Wildman–Crippen MR) is 119 cm³/mol. The minimum absolute atomic E-state index is 0.142. The van der Waals surface area contributed by atoms with E-state index in [9.17, 15) is 4.79 Å². The van der Waals surface area contributed by atoms with Crippen molar-refractivity contribution in [3.05, 3.63) is 58.9 Å². The van der Waals surface area contributed by atoms with Crippen molar-refractivity contribution in [2.24, 2.45) is 5.92 Å². The summed E-state index contributed by atoms with van der Waals surface area (Å²) >= 11 is 6.64. The number of rotatable bonds is 8. The molecule has 30 heavy (non-hydrogen) atoms. The third kappa shape index (κ3) is 5.32.